The van der Waals surface area contributed by atoms with Crippen molar-refractivity contribution in [3.8, 4) is 0 Å². The first kappa shape index (κ1) is 19.7. The molecule has 0 radical (unpaired) electrons. The largest absolute Gasteiger partial charge is 0.298 e. The second kappa shape index (κ2) is 7.67. The quantitative estimate of drug-likeness (QED) is 0.506. The summed E-state index contributed by atoms with van der Waals surface area (Å²) in [7, 11) is 2.24. The lowest BCUT2D eigenvalue weighted by atomic mass is 9.59. The van der Waals surface area contributed by atoms with Crippen LogP contribution in [0.4, 0.5) is 5.69 Å². The third-order valence-corrected chi connectivity index (χ3v) is 6.94. The van der Waals surface area contributed by atoms with Crippen LogP contribution in [-0.4, -0.2) is 30.7 Å². The highest BCUT2D eigenvalue weighted by molar-refractivity contribution is 6.31. The summed E-state index contributed by atoms with van der Waals surface area (Å²) in [6.07, 6.45) is 6.55. The molecule has 2 nitrogen and oxygen atoms in total. The van der Waals surface area contributed by atoms with Gasteiger partial charge in [0.15, 0.2) is 0 Å². The molecule has 2 aliphatic rings. The number of hydrogen-bond donors (Lipinski definition) is 0. The van der Waals surface area contributed by atoms with E-state index in [1.54, 1.807) is 0 Å². The molecule has 1 saturated heterocycles. The van der Waals surface area contributed by atoms with Crippen molar-refractivity contribution in [2.24, 2.45) is 4.99 Å². The molecule has 2 heterocycles. The highest BCUT2D eigenvalue weighted by Gasteiger charge is 2.54. The topological polar surface area (TPSA) is 15.6 Å². The summed E-state index contributed by atoms with van der Waals surface area (Å²) in [4.78, 5) is 7.37. The Morgan fingerprint density at radius 2 is 2.00 bits per heavy atom. The lowest BCUT2D eigenvalue weighted by Gasteiger charge is -2.52. The number of benzene rings is 2. The first-order valence-corrected chi connectivity index (χ1v) is 10.7. The Bertz CT molecular complexity index is 949. The first-order valence-electron chi connectivity index (χ1n) is 9.97. The molecule has 0 bridgehead atoms. The number of halogens is 2. The van der Waals surface area contributed by atoms with Gasteiger partial charge in [0, 0.05) is 28.2 Å². The fourth-order valence-corrected chi connectivity index (χ4v) is 5.65. The van der Waals surface area contributed by atoms with E-state index in [2.05, 4.69) is 62.4 Å². The number of likely N-dealkylation sites (tertiary alicyclic amines) is 1. The van der Waals surface area contributed by atoms with Crippen LogP contribution in [0.3, 0.4) is 0 Å². The lowest BCUT2D eigenvalue weighted by Crippen LogP contribution is -2.58. The number of hydrogen-bond acceptors (Lipinski definition) is 2. The molecule has 2 aromatic rings. The van der Waals surface area contributed by atoms with Gasteiger partial charge >= 0.3 is 0 Å². The van der Waals surface area contributed by atoms with Crippen molar-refractivity contribution in [1.82, 2.24) is 4.90 Å². The molecule has 146 valence electrons. The van der Waals surface area contributed by atoms with Gasteiger partial charge in [-0.15, -0.1) is 0 Å². The van der Waals surface area contributed by atoms with Gasteiger partial charge in [-0.1, -0.05) is 60.0 Å². The summed E-state index contributed by atoms with van der Waals surface area (Å²) >= 11 is 12.7. The van der Waals surface area contributed by atoms with Gasteiger partial charge < -0.3 is 0 Å². The molecule has 4 heteroatoms. The predicted molar refractivity (Wildman–Crippen MR) is 121 cm³/mol. The van der Waals surface area contributed by atoms with Crippen molar-refractivity contribution < 1.29 is 0 Å². The number of rotatable bonds is 3. The van der Waals surface area contributed by atoms with Crippen molar-refractivity contribution in [2.75, 3.05) is 13.6 Å². The average Bonchev–Trinajstić information content (AvgIpc) is 3.03. The molecule has 28 heavy (non-hydrogen) atoms. The number of allylic oxidation sites excluding steroid dienone is 1. The first-order chi connectivity index (χ1) is 13.5. The van der Waals surface area contributed by atoms with Crippen LogP contribution in [0.25, 0.3) is 0 Å². The fraction of sp³-hybridized carbons (Fsp3) is 0.375. The fourth-order valence-electron chi connectivity index (χ4n) is 5.29. The maximum Gasteiger partial charge on any atom is 0.0683 e. The summed E-state index contributed by atoms with van der Waals surface area (Å²) < 4.78 is 0. The minimum Gasteiger partial charge on any atom is -0.298 e. The van der Waals surface area contributed by atoms with Gasteiger partial charge in [0.2, 0.25) is 0 Å². The molecule has 0 aliphatic carbocycles. The smallest absolute Gasteiger partial charge is 0.0683 e. The van der Waals surface area contributed by atoms with E-state index in [1.165, 1.54) is 16.7 Å². The number of piperidine rings is 1. The van der Waals surface area contributed by atoms with E-state index >= 15 is 0 Å². The summed E-state index contributed by atoms with van der Waals surface area (Å²) in [6, 6.07) is 14.8. The number of likely N-dealkylation sites (N-methyl/N-ethyl adjacent to an activating group) is 1. The van der Waals surface area contributed by atoms with Gasteiger partial charge in [0.25, 0.3) is 0 Å². The Kier molecular flexibility index (Phi) is 5.39. The van der Waals surface area contributed by atoms with Gasteiger partial charge in [-0.2, -0.15) is 0 Å². The van der Waals surface area contributed by atoms with Crippen molar-refractivity contribution in [3.63, 3.8) is 0 Å². The molecular formula is C24H26Cl2N2. The van der Waals surface area contributed by atoms with E-state index in [4.69, 9.17) is 28.2 Å². The molecule has 4 rings (SSSR count). The highest BCUT2D eigenvalue weighted by Crippen LogP contribution is 2.55. The third kappa shape index (κ3) is 3.03. The Labute approximate surface area is 177 Å². The maximum atomic E-state index is 6.39. The molecule has 1 fully saturated rings. The molecule has 0 saturated carbocycles. The maximum absolute atomic E-state index is 6.39. The van der Waals surface area contributed by atoms with E-state index in [-0.39, 0.29) is 11.5 Å². The van der Waals surface area contributed by atoms with Gasteiger partial charge in [-0.25, -0.2) is 0 Å². The van der Waals surface area contributed by atoms with E-state index in [0.29, 0.717) is 5.92 Å². The van der Waals surface area contributed by atoms with Crippen LogP contribution in [0.5, 0.6) is 0 Å². The van der Waals surface area contributed by atoms with Gasteiger partial charge in [-0.05, 0) is 68.8 Å². The molecule has 2 aliphatic heterocycles. The van der Waals surface area contributed by atoms with Crippen LogP contribution in [0.2, 0.25) is 10.0 Å². The van der Waals surface area contributed by atoms with E-state index in [9.17, 15) is 0 Å². The molecule has 0 amide bonds. The third-order valence-electron chi connectivity index (χ3n) is 6.47. The van der Waals surface area contributed by atoms with Crippen LogP contribution < -0.4 is 0 Å². The monoisotopic (exact) mass is 412 g/mol. The van der Waals surface area contributed by atoms with Crippen molar-refractivity contribution in [2.45, 2.75) is 44.1 Å². The normalized spacial score (nSPS) is 27.4. The number of aliphatic imine (C=N–C) groups is 1. The minimum atomic E-state index is -0.227. The molecule has 0 unspecified atom stereocenters. The number of fused-ring (bicyclic) bond motifs is 2. The second-order valence-electron chi connectivity index (χ2n) is 7.85. The summed E-state index contributed by atoms with van der Waals surface area (Å²) in [5.41, 5.74) is 4.77. The Morgan fingerprint density at radius 1 is 1.21 bits per heavy atom. The van der Waals surface area contributed by atoms with Gasteiger partial charge in [0.1, 0.15) is 0 Å². The van der Waals surface area contributed by atoms with Crippen molar-refractivity contribution in [3.05, 3.63) is 75.3 Å². The van der Waals surface area contributed by atoms with E-state index in [1.807, 2.05) is 18.2 Å². The van der Waals surface area contributed by atoms with Crippen LogP contribution in [0.15, 0.2) is 59.1 Å². The summed E-state index contributed by atoms with van der Waals surface area (Å²) in [5.74, 6) is 0.306. The number of nitrogens with zero attached hydrogens (tertiary/aromatic N) is 2. The van der Waals surface area contributed by atoms with Gasteiger partial charge in [0.05, 0.1) is 11.1 Å². The lowest BCUT2D eigenvalue weighted by molar-refractivity contribution is 0.136. The molecule has 0 N–H and O–H groups in total. The zero-order valence-electron chi connectivity index (χ0n) is 16.6. The minimum absolute atomic E-state index is 0.227. The molecule has 1 spiro atoms. The van der Waals surface area contributed by atoms with Crippen LogP contribution in [0, 0.1) is 0 Å². The Morgan fingerprint density at radius 3 is 2.71 bits per heavy atom. The highest BCUT2D eigenvalue weighted by atomic mass is 35.5. The van der Waals surface area contributed by atoms with Gasteiger partial charge in [-0.3, -0.25) is 9.89 Å². The second-order valence-corrected chi connectivity index (χ2v) is 8.72. The molecular weight excluding hydrogens is 387 g/mol. The van der Waals surface area contributed by atoms with Crippen LogP contribution in [0.1, 0.15) is 43.7 Å². The molecule has 0 aromatic heterocycles. The SMILES string of the molecule is CC=C(CC)[C@H]1N(C)CC[C@@H](c2cccc(Cl)c2)[C@]12C=Nc1cc(Cl)ccc12. The van der Waals surface area contributed by atoms with Crippen molar-refractivity contribution in [1.29, 1.82) is 0 Å². The van der Waals surface area contributed by atoms with Crippen LogP contribution in [-0.2, 0) is 5.41 Å². The van der Waals surface area contributed by atoms with Crippen LogP contribution >= 0.6 is 23.2 Å². The summed E-state index contributed by atoms with van der Waals surface area (Å²) in [5, 5.41) is 1.52. The Balaban J connectivity index is 1.97. The Hall–Kier alpha value is -1.61. The molecule has 3 atom stereocenters. The average molecular weight is 413 g/mol. The zero-order valence-corrected chi connectivity index (χ0v) is 18.1. The molecule has 2 aromatic carbocycles. The predicted octanol–water partition coefficient (Wildman–Crippen LogP) is 6.79. The van der Waals surface area contributed by atoms with Crippen molar-refractivity contribution >= 4 is 35.1 Å². The summed E-state index contributed by atoms with van der Waals surface area (Å²) in [6.45, 7) is 5.44. The van der Waals surface area contributed by atoms with E-state index in [0.717, 1.165) is 35.1 Å². The standard InChI is InChI=1S/C24H26Cl2N2/c1-4-16(5-2)23-24(15-27-22-14-19(26)9-10-21(22)24)20(11-12-28(23)3)17-7-6-8-18(25)13-17/h4,6-10,13-15,20,23H,5,11-12H2,1-3H3/t20-,23+,24-/m0/s1. The van der Waals surface area contributed by atoms with E-state index < -0.39 is 0 Å². The zero-order chi connectivity index (χ0) is 19.9.